The van der Waals surface area contributed by atoms with Gasteiger partial charge in [0.2, 0.25) is 5.91 Å². The molecule has 1 unspecified atom stereocenters. The fourth-order valence-corrected chi connectivity index (χ4v) is 2.57. The van der Waals surface area contributed by atoms with E-state index in [0.29, 0.717) is 17.1 Å². The summed E-state index contributed by atoms with van der Waals surface area (Å²) < 4.78 is 0. The highest BCUT2D eigenvalue weighted by Crippen LogP contribution is 2.15. The van der Waals surface area contributed by atoms with Crippen LogP contribution in [0, 0.1) is 0 Å². The summed E-state index contributed by atoms with van der Waals surface area (Å²) in [6.45, 7) is 1.79. The van der Waals surface area contributed by atoms with E-state index >= 15 is 0 Å². The molecule has 0 radical (unpaired) electrons. The third-order valence-electron chi connectivity index (χ3n) is 3.87. The van der Waals surface area contributed by atoms with Gasteiger partial charge in [0.15, 0.2) is 5.82 Å². The fraction of sp³-hybridized carbons (Fsp3) is 0.143. The van der Waals surface area contributed by atoms with Crippen LogP contribution in [0.15, 0.2) is 73.1 Å². The van der Waals surface area contributed by atoms with Crippen LogP contribution in [0.2, 0.25) is 0 Å². The lowest BCUT2D eigenvalue weighted by atomic mass is 10.1. The zero-order chi connectivity index (χ0) is 19.1. The Hall–Kier alpha value is -3.54. The van der Waals surface area contributed by atoms with Crippen molar-refractivity contribution in [2.24, 2.45) is 0 Å². The maximum Gasteiger partial charge on any atom is 0.251 e. The van der Waals surface area contributed by atoms with Crippen LogP contribution in [-0.4, -0.2) is 27.8 Å². The van der Waals surface area contributed by atoms with Gasteiger partial charge in [-0.1, -0.05) is 48.5 Å². The highest BCUT2D eigenvalue weighted by molar-refractivity contribution is 5.95. The number of benzene rings is 2. The summed E-state index contributed by atoms with van der Waals surface area (Å²) in [5, 5.41) is 5.56. The molecule has 1 atom stereocenters. The van der Waals surface area contributed by atoms with Crippen molar-refractivity contribution in [2.75, 3.05) is 5.32 Å². The van der Waals surface area contributed by atoms with Crippen molar-refractivity contribution in [3.8, 4) is 11.4 Å². The summed E-state index contributed by atoms with van der Waals surface area (Å²) >= 11 is 0. The summed E-state index contributed by atoms with van der Waals surface area (Å²) in [6.07, 6.45) is 3.29. The number of carbonyl (C=O) groups is 2. The number of aromatic nitrogens is 2. The molecule has 1 aromatic heterocycles. The van der Waals surface area contributed by atoms with E-state index in [1.54, 1.807) is 43.6 Å². The van der Waals surface area contributed by atoms with E-state index in [-0.39, 0.29) is 24.3 Å². The highest BCUT2D eigenvalue weighted by atomic mass is 16.2. The quantitative estimate of drug-likeness (QED) is 0.706. The molecule has 27 heavy (non-hydrogen) atoms. The van der Waals surface area contributed by atoms with Crippen LogP contribution in [0.3, 0.4) is 0 Å². The molecule has 2 aromatic carbocycles. The van der Waals surface area contributed by atoms with Gasteiger partial charge in [0.05, 0.1) is 18.1 Å². The molecule has 3 rings (SSSR count). The summed E-state index contributed by atoms with van der Waals surface area (Å²) in [6, 6.07) is 18.2. The van der Waals surface area contributed by atoms with Crippen molar-refractivity contribution in [1.82, 2.24) is 15.3 Å². The largest absolute Gasteiger partial charge is 0.349 e. The summed E-state index contributed by atoms with van der Waals surface area (Å²) in [5.41, 5.74) is 1.99. The average Bonchev–Trinajstić information content (AvgIpc) is 2.69. The Morgan fingerprint density at radius 2 is 1.52 bits per heavy atom. The molecule has 0 saturated carbocycles. The molecular formula is C21H20N4O2. The monoisotopic (exact) mass is 360 g/mol. The number of hydrogen-bond donors (Lipinski definition) is 2. The molecule has 0 aliphatic rings. The van der Waals surface area contributed by atoms with Gasteiger partial charge >= 0.3 is 0 Å². The van der Waals surface area contributed by atoms with Crippen molar-refractivity contribution in [3.05, 3.63) is 78.6 Å². The first-order valence-corrected chi connectivity index (χ1v) is 8.65. The molecule has 2 N–H and O–H groups in total. The van der Waals surface area contributed by atoms with Gasteiger partial charge in [0, 0.05) is 23.6 Å². The lowest BCUT2D eigenvalue weighted by Gasteiger charge is -2.14. The van der Waals surface area contributed by atoms with Crippen molar-refractivity contribution in [2.45, 2.75) is 19.4 Å². The molecule has 0 fully saturated rings. The highest BCUT2D eigenvalue weighted by Gasteiger charge is 2.13. The van der Waals surface area contributed by atoms with Crippen molar-refractivity contribution in [1.29, 1.82) is 0 Å². The van der Waals surface area contributed by atoms with Crippen molar-refractivity contribution < 1.29 is 9.59 Å². The zero-order valence-electron chi connectivity index (χ0n) is 14.9. The molecular weight excluding hydrogens is 340 g/mol. The van der Waals surface area contributed by atoms with E-state index in [1.165, 1.54) is 0 Å². The van der Waals surface area contributed by atoms with Crippen LogP contribution in [0.1, 0.15) is 23.7 Å². The normalized spacial score (nSPS) is 11.4. The van der Waals surface area contributed by atoms with E-state index in [0.717, 1.165) is 5.56 Å². The Bertz CT molecular complexity index is 896. The molecule has 0 spiro atoms. The molecule has 6 heteroatoms. The molecule has 0 saturated heterocycles. The molecule has 1 heterocycles. The summed E-state index contributed by atoms with van der Waals surface area (Å²) in [5.74, 6) is 0.176. The molecule has 0 bridgehead atoms. The first-order valence-electron chi connectivity index (χ1n) is 8.65. The van der Waals surface area contributed by atoms with Crippen LogP contribution in [-0.2, 0) is 4.79 Å². The second-order valence-electron chi connectivity index (χ2n) is 6.15. The number of nitrogens with one attached hydrogen (secondary N) is 2. The Balaban J connectivity index is 1.52. The van der Waals surface area contributed by atoms with Gasteiger partial charge < -0.3 is 10.6 Å². The molecule has 6 nitrogen and oxygen atoms in total. The fourth-order valence-electron chi connectivity index (χ4n) is 2.57. The number of anilines is 1. The van der Waals surface area contributed by atoms with Crippen molar-refractivity contribution in [3.63, 3.8) is 0 Å². The van der Waals surface area contributed by atoms with Crippen LogP contribution in [0.25, 0.3) is 11.4 Å². The minimum absolute atomic E-state index is 0.152. The topological polar surface area (TPSA) is 84.0 Å². The van der Waals surface area contributed by atoms with E-state index in [9.17, 15) is 9.59 Å². The Morgan fingerprint density at radius 3 is 2.15 bits per heavy atom. The van der Waals surface area contributed by atoms with Gasteiger partial charge in [0.25, 0.3) is 5.91 Å². The van der Waals surface area contributed by atoms with Gasteiger partial charge in [0.1, 0.15) is 0 Å². The van der Waals surface area contributed by atoms with Crippen LogP contribution in [0.5, 0.6) is 0 Å². The Morgan fingerprint density at radius 1 is 0.926 bits per heavy atom. The standard InChI is InChI=1S/C21H20N4O2/c1-15(24-21(27)17-10-6-3-7-11-17)12-19(26)25-18-13-22-20(23-14-18)16-8-4-2-5-9-16/h2-11,13-15H,12H2,1H3,(H,24,27)(H,25,26). The Labute approximate surface area is 157 Å². The third-order valence-corrected chi connectivity index (χ3v) is 3.87. The Kier molecular flexibility index (Phi) is 5.89. The number of hydrogen-bond acceptors (Lipinski definition) is 4. The van der Waals surface area contributed by atoms with Crippen molar-refractivity contribution >= 4 is 17.5 Å². The van der Waals surface area contributed by atoms with Crippen LogP contribution >= 0.6 is 0 Å². The van der Waals surface area contributed by atoms with Crippen LogP contribution in [0.4, 0.5) is 5.69 Å². The number of nitrogens with zero attached hydrogens (tertiary/aromatic N) is 2. The van der Waals surface area contributed by atoms with Gasteiger partial charge in [-0.2, -0.15) is 0 Å². The molecule has 0 aliphatic heterocycles. The predicted octanol–water partition coefficient (Wildman–Crippen LogP) is 3.29. The molecule has 0 aliphatic carbocycles. The second kappa shape index (κ2) is 8.71. The smallest absolute Gasteiger partial charge is 0.251 e. The van der Waals surface area contributed by atoms with E-state index < -0.39 is 0 Å². The van der Waals surface area contributed by atoms with Gasteiger partial charge in [-0.3, -0.25) is 9.59 Å². The first kappa shape index (κ1) is 18.3. The van der Waals surface area contributed by atoms with E-state index in [1.807, 2.05) is 36.4 Å². The van der Waals surface area contributed by atoms with Gasteiger partial charge in [-0.05, 0) is 19.1 Å². The maximum atomic E-state index is 12.2. The third kappa shape index (κ3) is 5.22. The first-order chi connectivity index (χ1) is 13.1. The lowest BCUT2D eigenvalue weighted by molar-refractivity contribution is -0.116. The van der Waals surface area contributed by atoms with Gasteiger partial charge in [-0.15, -0.1) is 0 Å². The minimum Gasteiger partial charge on any atom is -0.349 e. The molecule has 2 amide bonds. The maximum absolute atomic E-state index is 12.2. The number of rotatable bonds is 6. The predicted molar refractivity (Wildman–Crippen MR) is 104 cm³/mol. The summed E-state index contributed by atoms with van der Waals surface area (Å²) in [7, 11) is 0. The number of carbonyl (C=O) groups excluding carboxylic acids is 2. The summed E-state index contributed by atoms with van der Waals surface area (Å²) in [4.78, 5) is 32.8. The van der Waals surface area contributed by atoms with Crippen LogP contribution < -0.4 is 10.6 Å². The van der Waals surface area contributed by atoms with E-state index in [2.05, 4.69) is 20.6 Å². The zero-order valence-corrected chi connectivity index (χ0v) is 14.9. The lowest BCUT2D eigenvalue weighted by Crippen LogP contribution is -2.35. The molecule has 136 valence electrons. The average molecular weight is 360 g/mol. The van der Waals surface area contributed by atoms with E-state index in [4.69, 9.17) is 0 Å². The second-order valence-corrected chi connectivity index (χ2v) is 6.15. The minimum atomic E-state index is -0.304. The molecule has 3 aromatic rings. The van der Waals surface area contributed by atoms with Gasteiger partial charge in [-0.25, -0.2) is 9.97 Å². The SMILES string of the molecule is CC(CC(=O)Nc1cnc(-c2ccccc2)nc1)NC(=O)c1ccccc1. The number of amides is 2.